The normalized spacial score (nSPS) is 13.9. The Kier molecular flexibility index (Phi) is 13.5. The zero-order valence-corrected chi connectivity index (χ0v) is 43.3. The number of anilines is 3. The maximum Gasteiger partial charge on any atom is 0.160 e. The molecule has 0 spiro atoms. The molecular formula is C61H60BrNOS3. The number of hydrogen-bond acceptors (Lipinski definition) is 5. The average molecular weight is 999 g/mol. The Labute approximate surface area is 418 Å². The standard InChI is InChI=1S/C61H60BrNOS3/c1-5-9-33-60(34-10-6-2)50-19-15-13-17-46(50)48-28-25-43(37-52(48)60)63(44-26-29-49-47-18-14-16-20-51(47)61(35-11-7-3,36-12-8-4)53(49)38-44)42-23-21-41(22-24-42)58-39-54(62)59(67-58)57-32-31-56(66-57)55-30-27-45(40-64)65-55/h13-32,37-40H,5-12,33-36H2,1-4H3. The molecule has 3 heterocycles. The van der Waals surface area contributed by atoms with E-state index in [-0.39, 0.29) is 10.8 Å². The molecule has 6 heteroatoms. The van der Waals surface area contributed by atoms with Crippen molar-refractivity contribution in [1.82, 2.24) is 0 Å². The quantitative estimate of drug-likeness (QED) is 0.0753. The number of rotatable bonds is 19. The fraction of sp³-hybridized carbons (Fsp3) is 0.295. The van der Waals surface area contributed by atoms with Gasteiger partial charge in [0.1, 0.15) is 0 Å². The van der Waals surface area contributed by atoms with Crippen LogP contribution in [-0.4, -0.2) is 6.29 Å². The second-order valence-corrected chi connectivity index (χ2v) is 22.9. The number of fused-ring (bicyclic) bond motifs is 6. The van der Waals surface area contributed by atoms with Crippen LogP contribution in [0.5, 0.6) is 0 Å². The largest absolute Gasteiger partial charge is 0.310 e. The van der Waals surface area contributed by atoms with Crippen molar-refractivity contribution in [3.63, 3.8) is 0 Å². The molecule has 2 nitrogen and oxygen atoms in total. The Balaban J connectivity index is 1.10. The summed E-state index contributed by atoms with van der Waals surface area (Å²) in [7, 11) is 0. The molecule has 0 unspecified atom stereocenters. The lowest BCUT2D eigenvalue weighted by molar-refractivity contribution is 0.112. The molecule has 8 aromatic rings. The summed E-state index contributed by atoms with van der Waals surface area (Å²) < 4.78 is 1.11. The molecule has 2 aliphatic rings. The number of benzene rings is 5. The van der Waals surface area contributed by atoms with Crippen LogP contribution in [0.4, 0.5) is 17.1 Å². The van der Waals surface area contributed by atoms with Gasteiger partial charge in [-0.3, -0.25) is 4.79 Å². The molecular weight excluding hydrogens is 939 g/mol. The molecule has 0 amide bonds. The first-order chi connectivity index (χ1) is 32.9. The molecule has 2 aliphatic carbocycles. The van der Waals surface area contributed by atoms with Gasteiger partial charge in [-0.1, -0.05) is 152 Å². The Morgan fingerprint density at radius 1 is 0.463 bits per heavy atom. The smallest absolute Gasteiger partial charge is 0.160 e. The van der Waals surface area contributed by atoms with Crippen molar-refractivity contribution in [3.8, 4) is 52.2 Å². The van der Waals surface area contributed by atoms with E-state index in [1.54, 1.807) is 22.7 Å². The molecule has 0 saturated heterocycles. The summed E-state index contributed by atoms with van der Waals surface area (Å²) in [6.07, 6.45) is 15.2. The Bertz CT molecular complexity index is 2900. The van der Waals surface area contributed by atoms with E-state index in [2.05, 4.69) is 182 Å². The van der Waals surface area contributed by atoms with E-state index < -0.39 is 0 Å². The predicted molar refractivity (Wildman–Crippen MR) is 295 cm³/mol. The number of carbonyl (C=O) groups is 1. The summed E-state index contributed by atoms with van der Waals surface area (Å²) >= 11 is 9.10. The lowest BCUT2D eigenvalue weighted by Crippen LogP contribution is -2.26. The van der Waals surface area contributed by atoms with Crippen molar-refractivity contribution in [3.05, 3.63) is 171 Å². The maximum absolute atomic E-state index is 11.4. The molecule has 10 rings (SSSR count). The molecule has 3 aromatic heterocycles. The summed E-state index contributed by atoms with van der Waals surface area (Å²) in [5.74, 6) is 0. The maximum atomic E-state index is 11.4. The van der Waals surface area contributed by atoms with Gasteiger partial charge in [-0.15, -0.1) is 34.0 Å². The van der Waals surface area contributed by atoms with Crippen LogP contribution in [-0.2, 0) is 10.8 Å². The second-order valence-electron chi connectivity index (χ2n) is 18.8. The molecule has 0 atom stereocenters. The van der Waals surface area contributed by atoms with Crippen molar-refractivity contribution >= 4 is 73.3 Å². The molecule has 5 aromatic carbocycles. The molecule has 0 radical (unpaired) electrons. The fourth-order valence-corrected chi connectivity index (χ4v) is 15.5. The van der Waals surface area contributed by atoms with E-state index in [0.717, 1.165) is 20.5 Å². The number of thiophene rings is 3. The van der Waals surface area contributed by atoms with Gasteiger partial charge in [0.25, 0.3) is 0 Å². The second kappa shape index (κ2) is 19.6. The molecule has 0 saturated carbocycles. The third-order valence-corrected chi connectivity index (χ3v) is 19.3. The molecule has 0 fully saturated rings. The number of nitrogens with zero attached hydrogens (tertiary/aromatic N) is 1. The molecule has 340 valence electrons. The topological polar surface area (TPSA) is 20.3 Å². The van der Waals surface area contributed by atoms with Gasteiger partial charge < -0.3 is 4.90 Å². The van der Waals surface area contributed by atoms with E-state index in [4.69, 9.17) is 0 Å². The van der Waals surface area contributed by atoms with E-state index in [1.807, 2.05) is 17.4 Å². The predicted octanol–water partition coefficient (Wildman–Crippen LogP) is 20.2. The van der Waals surface area contributed by atoms with E-state index in [9.17, 15) is 4.79 Å². The number of hydrogen-bond donors (Lipinski definition) is 0. The number of unbranched alkanes of at least 4 members (excludes halogenated alkanes) is 4. The van der Waals surface area contributed by atoms with Gasteiger partial charge in [0.05, 0.1) is 9.75 Å². The molecule has 67 heavy (non-hydrogen) atoms. The Morgan fingerprint density at radius 2 is 0.925 bits per heavy atom. The van der Waals surface area contributed by atoms with Gasteiger partial charge >= 0.3 is 0 Å². The third kappa shape index (κ3) is 8.24. The summed E-state index contributed by atoms with van der Waals surface area (Å²) in [5, 5.41) is 0. The average Bonchev–Trinajstić information content (AvgIpc) is 4.21. The van der Waals surface area contributed by atoms with Gasteiger partial charge in [0.15, 0.2) is 6.29 Å². The van der Waals surface area contributed by atoms with Crippen LogP contribution in [0.1, 0.15) is 137 Å². The fourth-order valence-electron chi connectivity index (χ4n) is 11.4. The van der Waals surface area contributed by atoms with E-state index in [0.29, 0.717) is 0 Å². The summed E-state index contributed by atoms with van der Waals surface area (Å²) in [4.78, 5) is 20.7. The third-order valence-electron chi connectivity index (χ3n) is 14.8. The first-order valence-corrected chi connectivity index (χ1v) is 27.9. The van der Waals surface area contributed by atoms with Crippen LogP contribution in [0, 0.1) is 0 Å². The van der Waals surface area contributed by atoms with Crippen LogP contribution < -0.4 is 4.90 Å². The van der Waals surface area contributed by atoms with Crippen molar-refractivity contribution in [2.24, 2.45) is 0 Å². The number of halogens is 1. The van der Waals surface area contributed by atoms with Crippen molar-refractivity contribution in [2.45, 2.75) is 116 Å². The van der Waals surface area contributed by atoms with E-state index in [1.165, 1.54) is 164 Å². The van der Waals surface area contributed by atoms with Crippen LogP contribution in [0.3, 0.4) is 0 Å². The van der Waals surface area contributed by atoms with Crippen molar-refractivity contribution in [2.75, 3.05) is 4.90 Å². The van der Waals surface area contributed by atoms with Gasteiger partial charge in [-0.2, -0.15) is 0 Å². The van der Waals surface area contributed by atoms with Crippen molar-refractivity contribution in [1.29, 1.82) is 0 Å². The molecule has 0 N–H and O–H groups in total. The Hall–Kier alpha value is -4.85. The first kappa shape index (κ1) is 45.9. The lowest BCUT2D eigenvalue weighted by Gasteiger charge is -2.35. The SMILES string of the molecule is CCCCC1(CCCC)c2ccccc2-c2ccc(N(c3ccc(-c4cc(Br)c(-c5ccc(-c6ccc(C=O)s6)s5)s4)cc3)c3ccc4c(c3)C(CCCC)(CCCC)c3ccccc3-4)cc21. The van der Waals surface area contributed by atoms with Gasteiger partial charge in [0.2, 0.25) is 0 Å². The minimum absolute atomic E-state index is 0.00562. The zero-order valence-electron chi connectivity index (χ0n) is 39.3. The van der Waals surface area contributed by atoms with Gasteiger partial charge in [-0.25, -0.2) is 0 Å². The van der Waals surface area contributed by atoms with Crippen molar-refractivity contribution < 1.29 is 4.79 Å². The Morgan fingerprint density at radius 3 is 1.43 bits per heavy atom. The summed E-state index contributed by atoms with van der Waals surface area (Å²) in [5.41, 5.74) is 16.5. The molecule has 0 bridgehead atoms. The highest BCUT2D eigenvalue weighted by Gasteiger charge is 2.44. The minimum Gasteiger partial charge on any atom is -0.310 e. The molecule has 0 aliphatic heterocycles. The van der Waals surface area contributed by atoms with Gasteiger partial charge in [0, 0.05) is 51.9 Å². The number of carbonyl (C=O) groups excluding carboxylic acids is 1. The lowest BCUT2D eigenvalue weighted by atomic mass is 9.70. The zero-order chi connectivity index (χ0) is 46.1. The van der Waals surface area contributed by atoms with E-state index >= 15 is 0 Å². The van der Waals surface area contributed by atoms with Gasteiger partial charge in [-0.05, 0) is 158 Å². The highest BCUT2D eigenvalue weighted by atomic mass is 79.9. The van der Waals surface area contributed by atoms with Crippen LogP contribution in [0.2, 0.25) is 0 Å². The minimum atomic E-state index is -0.00562. The highest BCUT2D eigenvalue weighted by Crippen LogP contribution is 2.58. The summed E-state index contributed by atoms with van der Waals surface area (Å²) in [6.45, 7) is 9.37. The van der Waals surface area contributed by atoms with Crippen LogP contribution in [0.15, 0.2) is 144 Å². The summed E-state index contributed by atoms with van der Waals surface area (Å²) in [6, 6.07) is 53.4. The monoisotopic (exact) mass is 997 g/mol. The highest BCUT2D eigenvalue weighted by molar-refractivity contribution is 9.10. The van der Waals surface area contributed by atoms with Crippen LogP contribution in [0.25, 0.3) is 52.2 Å². The van der Waals surface area contributed by atoms with Crippen LogP contribution >= 0.6 is 49.9 Å². The first-order valence-electron chi connectivity index (χ1n) is 24.7. The number of aldehydes is 1.